The third-order valence-corrected chi connectivity index (χ3v) is 2.43. The summed E-state index contributed by atoms with van der Waals surface area (Å²) in [6.45, 7) is 0. The lowest BCUT2D eigenvalue weighted by atomic mass is 9.99. The molecule has 1 aromatic heterocycles. The highest BCUT2D eigenvalue weighted by Gasteiger charge is 2.07. The van der Waals surface area contributed by atoms with E-state index in [4.69, 9.17) is 0 Å². The van der Waals surface area contributed by atoms with E-state index in [0.717, 1.165) is 0 Å². The van der Waals surface area contributed by atoms with Crippen LogP contribution in [0.15, 0.2) is 6.20 Å². The standard InChI is InChI=1S/C9H14N2/c1-2-4-6-9-8(5-3-1)7-10-11-9/h7H,1-6H2,(H,10,11). The molecule has 0 aromatic carbocycles. The maximum absolute atomic E-state index is 4.06. The molecule has 0 saturated heterocycles. The van der Waals surface area contributed by atoms with Gasteiger partial charge in [0.25, 0.3) is 0 Å². The first kappa shape index (κ1) is 6.89. The van der Waals surface area contributed by atoms with Crippen LogP contribution < -0.4 is 0 Å². The van der Waals surface area contributed by atoms with E-state index in [1.165, 1.54) is 49.8 Å². The van der Waals surface area contributed by atoms with Crippen molar-refractivity contribution in [3.8, 4) is 0 Å². The quantitative estimate of drug-likeness (QED) is 0.602. The fourth-order valence-corrected chi connectivity index (χ4v) is 1.74. The first-order valence-electron chi connectivity index (χ1n) is 4.48. The third-order valence-electron chi connectivity index (χ3n) is 2.43. The molecule has 0 saturated carbocycles. The second kappa shape index (κ2) is 3.07. The van der Waals surface area contributed by atoms with E-state index in [1.54, 1.807) is 0 Å². The van der Waals surface area contributed by atoms with Crippen LogP contribution in [0.2, 0.25) is 0 Å². The summed E-state index contributed by atoms with van der Waals surface area (Å²) in [6, 6.07) is 0. The number of aryl methyl sites for hydroxylation is 2. The first-order chi connectivity index (χ1) is 5.47. The Morgan fingerprint density at radius 2 is 1.91 bits per heavy atom. The molecule has 0 unspecified atom stereocenters. The molecule has 0 fully saturated rings. The fourth-order valence-electron chi connectivity index (χ4n) is 1.74. The molecule has 60 valence electrons. The Morgan fingerprint density at radius 1 is 1.09 bits per heavy atom. The zero-order valence-corrected chi connectivity index (χ0v) is 6.77. The zero-order chi connectivity index (χ0) is 7.52. The molecule has 1 heterocycles. The minimum absolute atomic E-state index is 1.20. The van der Waals surface area contributed by atoms with Gasteiger partial charge in [0.1, 0.15) is 0 Å². The smallest absolute Gasteiger partial charge is 0.0522 e. The molecule has 2 heteroatoms. The highest BCUT2D eigenvalue weighted by atomic mass is 15.1. The lowest BCUT2D eigenvalue weighted by Gasteiger charge is -2.07. The molecule has 0 atom stereocenters. The summed E-state index contributed by atoms with van der Waals surface area (Å²) in [5, 5.41) is 7.14. The number of fused-ring (bicyclic) bond motifs is 1. The minimum Gasteiger partial charge on any atom is -0.282 e. The molecule has 0 amide bonds. The van der Waals surface area contributed by atoms with Gasteiger partial charge in [-0.1, -0.05) is 12.8 Å². The van der Waals surface area contributed by atoms with E-state index < -0.39 is 0 Å². The predicted octanol–water partition coefficient (Wildman–Crippen LogP) is 2.07. The van der Waals surface area contributed by atoms with Crippen molar-refractivity contribution in [2.75, 3.05) is 0 Å². The molecule has 1 aliphatic rings. The summed E-state index contributed by atoms with van der Waals surface area (Å²) in [4.78, 5) is 0. The highest BCUT2D eigenvalue weighted by Crippen LogP contribution is 2.17. The minimum atomic E-state index is 1.20. The zero-order valence-electron chi connectivity index (χ0n) is 6.77. The van der Waals surface area contributed by atoms with Crippen molar-refractivity contribution >= 4 is 0 Å². The second-order valence-electron chi connectivity index (χ2n) is 3.29. The van der Waals surface area contributed by atoms with Gasteiger partial charge in [-0.2, -0.15) is 5.10 Å². The van der Waals surface area contributed by atoms with Gasteiger partial charge in [-0.25, -0.2) is 0 Å². The number of hydrogen-bond donors (Lipinski definition) is 1. The normalized spacial score (nSPS) is 18.5. The second-order valence-corrected chi connectivity index (χ2v) is 3.29. The Labute approximate surface area is 67.0 Å². The summed E-state index contributed by atoms with van der Waals surface area (Å²) < 4.78 is 0. The van der Waals surface area contributed by atoms with Crippen LogP contribution >= 0.6 is 0 Å². The molecule has 1 aromatic rings. The van der Waals surface area contributed by atoms with E-state index in [2.05, 4.69) is 10.2 Å². The Kier molecular flexibility index (Phi) is 1.93. The summed E-state index contributed by atoms with van der Waals surface area (Å²) in [7, 11) is 0. The molecule has 0 radical (unpaired) electrons. The monoisotopic (exact) mass is 150 g/mol. The Bertz CT molecular complexity index is 205. The number of nitrogens with zero attached hydrogens (tertiary/aromatic N) is 1. The Morgan fingerprint density at radius 3 is 2.82 bits per heavy atom. The van der Waals surface area contributed by atoms with Crippen LogP contribution in [-0.4, -0.2) is 10.2 Å². The van der Waals surface area contributed by atoms with Crippen LogP contribution in [0.25, 0.3) is 0 Å². The third kappa shape index (κ3) is 1.44. The van der Waals surface area contributed by atoms with Crippen LogP contribution in [0.4, 0.5) is 0 Å². The Balaban J connectivity index is 2.18. The van der Waals surface area contributed by atoms with Gasteiger partial charge < -0.3 is 0 Å². The van der Waals surface area contributed by atoms with Gasteiger partial charge in [-0.05, 0) is 31.2 Å². The maximum atomic E-state index is 4.06. The van der Waals surface area contributed by atoms with Crippen LogP contribution in [0.1, 0.15) is 36.9 Å². The predicted molar refractivity (Wildman–Crippen MR) is 44.5 cm³/mol. The lowest BCUT2D eigenvalue weighted by Crippen LogP contribution is -1.97. The van der Waals surface area contributed by atoms with Crippen molar-refractivity contribution in [2.45, 2.75) is 38.5 Å². The van der Waals surface area contributed by atoms with Crippen molar-refractivity contribution in [1.82, 2.24) is 10.2 Å². The molecule has 2 rings (SSSR count). The Hall–Kier alpha value is -0.790. The van der Waals surface area contributed by atoms with Crippen molar-refractivity contribution in [3.63, 3.8) is 0 Å². The van der Waals surface area contributed by atoms with E-state index >= 15 is 0 Å². The van der Waals surface area contributed by atoms with Gasteiger partial charge in [-0.3, -0.25) is 5.10 Å². The molecule has 2 nitrogen and oxygen atoms in total. The molecule has 1 aliphatic carbocycles. The van der Waals surface area contributed by atoms with Gasteiger partial charge in [0.05, 0.1) is 6.20 Å². The van der Waals surface area contributed by atoms with Crippen LogP contribution in [0.3, 0.4) is 0 Å². The van der Waals surface area contributed by atoms with Gasteiger partial charge in [0.15, 0.2) is 0 Å². The van der Waals surface area contributed by atoms with E-state index in [9.17, 15) is 0 Å². The van der Waals surface area contributed by atoms with Gasteiger partial charge in [0, 0.05) is 5.69 Å². The molecular formula is C9H14N2. The van der Waals surface area contributed by atoms with Gasteiger partial charge in [-0.15, -0.1) is 0 Å². The number of nitrogens with one attached hydrogen (secondary N) is 1. The number of H-pyrrole nitrogens is 1. The van der Waals surface area contributed by atoms with Crippen molar-refractivity contribution in [2.24, 2.45) is 0 Å². The van der Waals surface area contributed by atoms with Crippen molar-refractivity contribution in [3.05, 3.63) is 17.5 Å². The molecular weight excluding hydrogens is 136 g/mol. The molecule has 11 heavy (non-hydrogen) atoms. The molecule has 1 N–H and O–H groups in total. The number of hydrogen-bond acceptors (Lipinski definition) is 1. The van der Waals surface area contributed by atoms with Crippen LogP contribution in [-0.2, 0) is 12.8 Å². The van der Waals surface area contributed by atoms with Crippen molar-refractivity contribution in [1.29, 1.82) is 0 Å². The average Bonchev–Trinajstić information content (AvgIpc) is 2.35. The van der Waals surface area contributed by atoms with E-state index in [1.807, 2.05) is 6.20 Å². The number of aromatic amines is 1. The van der Waals surface area contributed by atoms with E-state index in [0.29, 0.717) is 0 Å². The SMILES string of the molecule is c1n[nH]c2c1CCCCCC2. The lowest BCUT2D eigenvalue weighted by molar-refractivity contribution is 0.612. The van der Waals surface area contributed by atoms with Crippen LogP contribution in [0.5, 0.6) is 0 Å². The topological polar surface area (TPSA) is 28.7 Å². The number of rotatable bonds is 0. The van der Waals surface area contributed by atoms with Crippen molar-refractivity contribution < 1.29 is 0 Å². The van der Waals surface area contributed by atoms with Gasteiger partial charge in [0.2, 0.25) is 0 Å². The summed E-state index contributed by atoms with van der Waals surface area (Å²) >= 11 is 0. The molecule has 0 bridgehead atoms. The summed E-state index contributed by atoms with van der Waals surface area (Å²) in [5.74, 6) is 0. The first-order valence-corrected chi connectivity index (χ1v) is 4.48. The number of aromatic nitrogens is 2. The largest absolute Gasteiger partial charge is 0.282 e. The fraction of sp³-hybridized carbons (Fsp3) is 0.667. The maximum Gasteiger partial charge on any atom is 0.0522 e. The van der Waals surface area contributed by atoms with Crippen LogP contribution in [0, 0.1) is 0 Å². The molecule has 0 spiro atoms. The highest BCUT2D eigenvalue weighted by molar-refractivity contribution is 5.16. The van der Waals surface area contributed by atoms with E-state index in [-0.39, 0.29) is 0 Å². The summed E-state index contributed by atoms with van der Waals surface area (Å²) in [5.41, 5.74) is 2.83. The summed E-state index contributed by atoms with van der Waals surface area (Å²) in [6.07, 6.45) is 9.87. The molecule has 0 aliphatic heterocycles. The average molecular weight is 150 g/mol. The van der Waals surface area contributed by atoms with Gasteiger partial charge >= 0.3 is 0 Å².